The molecular weight excluding hydrogens is 416 g/mol. The summed E-state index contributed by atoms with van der Waals surface area (Å²) in [6.07, 6.45) is 3.37. The molecule has 32 heavy (non-hydrogen) atoms. The third-order valence-corrected chi connectivity index (χ3v) is 7.88. The fourth-order valence-electron chi connectivity index (χ4n) is 4.54. The van der Waals surface area contributed by atoms with Gasteiger partial charge in [0, 0.05) is 12.6 Å². The first-order valence-corrected chi connectivity index (χ1v) is 12.9. The molecular formula is C27H32N2O2S. The highest BCUT2D eigenvalue weighted by molar-refractivity contribution is 7.89. The molecule has 4 rings (SSSR count). The Balaban J connectivity index is 1.43. The third kappa shape index (κ3) is 5.85. The van der Waals surface area contributed by atoms with Crippen LogP contribution in [0.4, 0.5) is 0 Å². The third-order valence-electron chi connectivity index (χ3n) is 6.44. The van der Waals surface area contributed by atoms with Gasteiger partial charge in [0.25, 0.3) is 0 Å². The minimum Gasteiger partial charge on any atom is -0.295 e. The Morgan fingerprint density at radius 3 is 2.09 bits per heavy atom. The lowest BCUT2D eigenvalue weighted by Gasteiger charge is -2.38. The van der Waals surface area contributed by atoms with E-state index in [1.807, 2.05) is 37.3 Å². The zero-order chi connectivity index (χ0) is 22.4. The normalized spacial score (nSPS) is 16.7. The Hall–Kier alpha value is -2.47. The van der Waals surface area contributed by atoms with Crippen molar-refractivity contribution in [1.29, 1.82) is 0 Å². The molecule has 0 spiro atoms. The summed E-state index contributed by atoms with van der Waals surface area (Å²) in [5, 5.41) is 0. The number of likely N-dealkylation sites (tertiary alicyclic amines) is 1. The number of sulfonamides is 1. The van der Waals surface area contributed by atoms with Gasteiger partial charge in [0.2, 0.25) is 10.0 Å². The van der Waals surface area contributed by atoms with Gasteiger partial charge in [-0.3, -0.25) is 4.90 Å². The molecule has 1 N–H and O–H groups in total. The maximum Gasteiger partial charge on any atom is 0.240 e. The van der Waals surface area contributed by atoms with Crippen molar-refractivity contribution in [2.75, 3.05) is 19.6 Å². The number of hydrogen-bond acceptors (Lipinski definition) is 3. The van der Waals surface area contributed by atoms with Crippen molar-refractivity contribution in [1.82, 2.24) is 9.62 Å². The molecule has 0 aliphatic carbocycles. The molecule has 0 bridgehead atoms. The van der Waals surface area contributed by atoms with Crippen LogP contribution in [0.2, 0.25) is 0 Å². The van der Waals surface area contributed by atoms with Crippen LogP contribution in [0.5, 0.6) is 0 Å². The number of nitrogens with one attached hydrogen (secondary N) is 1. The minimum absolute atomic E-state index is 0.0223. The van der Waals surface area contributed by atoms with Crippen molar-refractivity contribution in [2.45, 2.75) is 37.1 Å². The van der Waals surface area contributed by atoms with Crippen molar-refractivity contribution in [3.63, 3.8) is 0 Å². The van der Waals surface area contributed by atoms with Gasteiger partial charge in [0.05, 0.1) is 4.90 Å². The van der Waals surface area contributed by atoms with Crippen LogP contribution in [0.15, 0.2) is 89.8 Å². The molecule has 0 unspecified atom stereocenters. The molecule has 1 aliphatic rings. The Morgan fingerprint density at radius 2 is 1.47 bits per heavy atom. The molecule has 0 aromatic heterocycles. The zero-order valence-electron chi connectivity index (χ0n) is 18.7. The zero-order valence-corrected chi connectivity index (χ0v) is 19.5. The van der Waals surface area contributed by atoms with Gasteiger partial charge in [-0.25, -0.2) is 13.1 Å². The Morgan fingerprint density at radius 1 is 0.875 bits per heavy atom. The SMILES string of the molecule is Cc1ccc(S(=O)(=O)NC[C@@H](c2ccccc2)N2CCC(Cc3ccccc3)CC2)cc1. The fourth-order valence-corrected chi connectivity index (χ4v) is 5.58. The number of nitrogens with zero attached hydrogens (tertiary/aromatic N) is 1. The van der Waals surface area contributed by atoms with Gasteiger partial charge in [0.1, 0.15) is 0 Å². The monoisotopic (exact) mass is 448 g/mol. The van der Waals surface area contributed by atoms with Crippen LogP contribution < -0.4 is 4.72 Å². The average Bonchev–Trinajstić information content (AvgIpc) is 2.82. The smallest absolute Gasteiger partial charge is 0.240 e. The van der Waals surface area contributed by atoms with Crippen LogP contribution in [0.3, 0.4) is 0 Å². The number of piperidine rings is 1. The van der Waals surface area contributed by atoms with E-state index in [9.17, 15) is 8.42 Å². The van der Waals surface area contributed by atoms with E-state index in [2.05, 4.69) is 52.1 Å². The van der Waals surface area contributed by atoms with E-state index in [1.54, 1.807) is 12.1 Å². The second-order valence-electron chi connectivity index (χ2n) is 8.76. The number of benzene rings is 3. The summed E-state index contributed by atoms with van der Waals surface area (Å²) in [6, 6.07) is 28.0. The highest BCUT2D eigenvalue weighted by Crippen LogP contribution is 2.29. The van der Waals surface area contributed by atoms with E-state index in [0.717, 1.165) is 43.5 Å². The lowest BCUT2D eigenvalue weighted by atomic mass is 9.89. The molecule has 3 aromatic rings. The summed E-state index contributed by atoms with van der Waals surface area (Å²) >= 11 is 0. The van der Waals surface area contributed by atoms with Crippen LogP contribution in [0.1, 0.15) is 35.6 Å². The van der Waals surface area contributed by atoms with E-state index in [4.69, 9.17) is 0 Å². The van der Waals surface area contributed by atoms with Crippen LogP contribution >= 0.6 is 0 Å². The molecule has 0 radical (unpaired) electrons. The molecule has 1 saturated heterocycles. The topological polar surface area (TPSA) is 49.4 Å². The molecule has 1 aliphatic heterocycles. The molecule has 168 valence electrons. The minimum atomic E-state index is -3.55. The lowest BCUT2D eigenvalue weighted by Crippen LogP contribution is -2.42. The maximum absolute atomic E-state index is 12.9. The van der Waals surface area contributed by atoms with Crippen LogP contribution in [-0.4, -0.2) is 33.0 Å². The number of rotatable bonds is 8. The summed E-state index contributed by atoms with van der Waals surface area (Å²) in [4.78, 5) is 2.76. The van der Waals surface area contributed by atoms with Crippen molar-refractivity contribution < 1.29 is 8.42 Å². The highest BCUT2D eigenvalue weighted by Gasteiger charge is 2.27. The quantitative estimate of drug-likeness (QED) is 0.529. The van der Waals surface area contributed by atoms with E-state index in [0.29, 0.717) is 17.4 Å². The molecule has 3 aromatic carbocycles. The second kappa shape index (κ2) is 10.4. The van der Waals surface area contributed by atoms with Gasteiger partial charge >= 0.3 is 0 Å². The van der Waals surface area contributed by atoms with Crippen molar-refractivity contribution in [2.24, 2.45) is 5.92 Å². The Bertz CT molecular complexity index is 1080. The van der Waals surface area contributed by atoms with Crippen LogP contribution in [-0.2, 0) is 16.4 Å². The summed E-state index contributed by atoms with van der Waals surface area (Å²) in [6.45, 7) is 4.27. The van der Waals surface area contributed by atoms with Crippen LogP contribution in [0, 0.1) is 12.8 Å². The van der Waals surface area contributed by atoms with Crippen LogP contribution in [0.25, 0.3) is 0 Å². The van der Waals surface area contributed by atoms with E-state index < -0.39 is 10.0 Å². The first-order chi connectivity index (χ1) is 15.5. The summed E-state index contributed by atoms with van der Waals surface area (Å²) < 4.78 is 28.6. The predicted octanol–water partition coefficient (Wildman–Crippen LogP) is 4.97. The maximum atomic E-state index is 12.9. The number of aryl methyl sites for hydroxylation is 1. The fraction of sp³-hybridized carbons (Fsp3) is 0.333. The standard InChI is InChI=1S/C27H32N2O2S/c1-22-12-14-26(15-13-22)32(30,31)28-21-27(25-10-6-3-7-11-25)29-18-16-24(17-19-29)20-23-8-4-2-5-9-23/h2-15,24,27-28H,16-21H2,1H3/t27-/m0/s1. The average molecular weight is 449 g/mol. The molecule has 1 atom stereocenters. The predicted molar refractivity (Wildman–Crippen MR) is 130 cm³/mol. The molecule has 1 heterocycles. The lowest BCUT2D eigenvalue weighted by molar-refractivity contribution is 0.133. The first-order valence-electron chi connectivity index (χ1n) is 11.4. The molecule has 0 saturated carbocycles. The van der Waals surface area contributed by atoms with Gasteiger partial charge in [-0.2, -0.15) is 0 Å². The van der Waals surface area contributed by atoms with Gasteiger partial charge in [0.15, 0.2) is 0 Å². The Labute approximate surface area is 192 Å². The van der Waals surface area contributed by atoms with Gasteiger partial charge in [-0.1, -0.05) is 78.4 Å². The van der Waals surface area contributed by atoms with Crippen molar-refractivity contribution >= 4 is 10.0 Å². The molecule has 1 fully saturated rings. The van der Waals surface area contributed by atoms with Gasteiger partial charge in [-0.15, -0.1) is 0 Å². The summed E-state index contributed by atoms with van der Waals surface area (Å²) in [5.41, 5.74) is 3.60. The molecule has 4 nitrogen and oxygen atoms in total. The number of hydrogen-bond donors (Lipinski definition) is 1. The molecule has 5 heteroatoms. The second-order valence-corrected chi connectivity index (χ2v) is 10.5. The van der Waals surface area contributed by atoms with E-state index >= 15 is 0 Å². The summed E-state index contributed by atoms with van der Waals surface area (Å²) in [7, 11) is -3.55. The van der Waals surface area contributed by atoms with Crippen molar-refractivity contribution in [3.8, 4) is 0 Å². The summed E-state index contributed by atoms with van der Waals surface area (Å²) in [5.74, 6) is 0.675. The highest BCUT2D eigenvalue weighted by atomic mass is 32.2. The first kappa shape index (κ1) is 22.7. The van der Waals surface area contributed by atoms with Crippen molar-refractivity contribution in [3.05, 3.63) is 102 Å². The Kier molecular flexibility index (Phi) is 7.40. The van der Waals surface area contributed by atoms with E-state index in [-0.39, 0.29) is 6.04 Å². The molecule has 0 amide bonds. The van der Waals surface area contributed by atoms with Gasteiger partial charge in [-0.05, 0) is 68.5 Å². The largest absolute Gasteiger partial charge is 0.295 e. The van der Waals surface area contributed by atoms with E-state index in [1.165, 1.54) is 5.56 Å². The van der Waals surface area contributed by atoms with Gasteiger partial charge < -0.3 is 0 Å².